The third-order valence-corrected chi connectivity index (χ3v) is 4.40. The maximum Gasteiger partial charge on any atom is 0.263 e. The van der Waals surface area contributed by atoms with Gasteiger partial charge in [-0.3, -0.25) is 4.79 Å². The van der Waals surface area contributed by atoms with Gasteiger partial charge in [0.2, 0.25) is 0 Å². The van der Waals surface area contributed by atoms with Crippen LogP contribution in [0.25, 0.3) is 0 Å². The molecule has 3 rings (SSSR count). The first-order valence-electron chi connectivity index (χ1n) is 8.53. The van der Waals surface area contributed by atoms with Crippen LogP contribution in [0.15, 0.2) is 59.8 Å². The van der Waals surface area contributed by atoms with E-state index < -0.39 is 0 Å². The third kappa shape index (κ3) is 4.59. The number of para-hydroxylation sites is 1. The van der Waals surface area contributed by atoms with E-state index in [1.54, 1.807) is 6.21 Å². The van der Waals surface area contributed by atoms with Gasteiger partial charge in [-0.05, 0) is 30.2 Å². The van der Waals surface area contributed by atoms with Crippen LogP contribution in [-0.4, -0.2) is 49.8 Å². The Hall–Kier alpha value is -2.82. The van der Waals surface area contributed by atoms with Gasteiger partial charge in [0, 0.05) is 31.9 Å². The van der Waals surface area contributed by atoms with E-state index in [9.17, 15) is 4.79 Å². The van der Waals surface area contributed by atoms with Gasteiger partial charge in [0.05, 0.1) is 6.21 Å². The second kappa shape index (κ2) is 8.33. The number of anilines is 1. The normalized spacial score (nSPS) is 14.8. The molecule has 0 unspecified atom stereocenters. The minimum absolute atomic E-state index is 0.0188. The van der Waals surface area contributed by atoms with Crippen molar-refractivity contribution in [3.05, 3.63) is 65.7 Å². The highest BCUT2D eigenvalue weighted by atomic mass is 16.6. The van der Waals surface area contributed by atoms with Gasteiger partial charge in [-0.2, -0.15) is 0 Å². The zero-order valence-corrected chi connectivity index (χ0v) is 14.5. The highest BCUT2D eigenvalue weighted by Gasteiger charge is 2.21. The highest BCUT2D eigenvalue weighted by Crippen LogP contribution is 2.15. The summed E-state index contributed by atoms with van der Waals surface area (Å²) in [5.74, 6) is -0.0188. The number of hydrogen-bond donors (Lipinski definition) is 0. The topological polar surface area (TPSA) is 45.1 Å². The summed E-state index contributed by atoms with van der Waals surface area (Å²) in [5.41, 5.74) is 3.32. The summed E-state index contributed by atoms with van der Waals surface area (Å²) in [7, 11) is 0. The van der Waals surface area contributed by atoms with E-state index >= 15 is 0 Å². The number of oxime groups is 1. The molecule has 0 atom stereocenters. The lowest BCUT2D eigenvalue weighted by atomic mass is 10.1. The van der Waals surface area contributed by atoms with Crippen LogP contribution in [0.5, 0.6) is 0 Å². The summed E-state index contributed by atoms with van der Waals surface area (Å²) in [4.78, 5) is 21.5. The van der Waals surface area contributed by atoms with Gasteiger partial charge in [-0.25, -0.2) is 0 Å². The fourth-order valence-electron chi connectivity index (χ4n) is 2.86. The molecule has 1 aliphatic heterocycles. The third-order valence-electron chi connectivity index (χ3n) is 4.40. The lowest BCUT2D eigenvalue weighted by Crippen LogP contribution is -2.49. The van der Waals surface area contributed by atoms with Gasteiger partial charge >= 0.3 is 0 Å². The van der Waals surface area contributed by atoms with Crippen LogP contribution >= 0.6 is 0 Å². The van der Waals surface area contributed by atoms with E-state index in [2.05, 4.69) is 22.2 Å². The Kier molecular flexibility index (Phi) is 5.67. The molecule has 130 valence electrons. The Morgan fingerprint density at radius 1 is 1.04 bits per heavy atom. The Balaban J connectivity index is 1.43. The lowest BCUT2D eigenvalue weighted by Gasteiger charge is -2.35. The second-order valence-electron chi connectivity index (χ2n) is 6.07. The molecule has 0 N–H and O–H groups in total. The summed E-state index contributed by atoms with van der Waals surface area (Å²) in [5, 5.41) is 3.92. The zero-order chi connectivity index (χ0) is 17.5. The van der Waals surface area contributed by atoms with Crippen molar-refractivity contribution in [3.8, 4) is 0 Å². The van der Waals surface area contributed by atoms with Gasteiger partial charge in [0.1, 0.15) is 0 Å². The monoisotopic (exact) mass is 337 g/mol. The maximum atomic E-state index is 12.2. The molecule has 1 aliphatic rings. The van der Waals surface area contributed by atoms with Gasteiger partial charge in [-0.15, -0.1) is 0 Å². The Morgan fingerprint density at radius 3 is 2.44 bits per heavy atom. The number of piperazine rings is 1. The Labute approximate surface area is 148 Å². The zero-order valence-electron chi connectivity index (χ0n) is 14.5. The average Bonchev–Trinajstić information content (AvgIpc) is 2.67. The molecule has 1 amide bonds. The highest BCUT2D eigenvalue weighted by molar-refractivity contribution is 5.81. The fraction of sp³-hybridized carbons (Fsp3) is 0.300. The summed E-state index contributed by atoms with van der Waals surface area (Å²) >= 11 is 0. The van der Waals surface area contributed by atoms with Crippen LogP contribution in [0.1, 0.15) is 11.1 Å². The summed E-state index contributed by atoms with van der Waals surface area (Å²) in [6.45, 7) is 5.08. The molecule has 2 aromatic rings. The number of rotatable bonds is 5. The molecule has 0 saturated carbocycles. The van der Waals surface area contributed by atoms with Crippen molar-refractivity contribution < 1.29 is 9.63 Å². The molecule has 0 aliphatic carbocycles. The maximum absolute atomic E-state index is 12.2. The smallest absolute Gasteiger partial charge is 0.263 e. The van der Waals surface area contributed by atoms with Crippen LogP contribution in [-0.2, 0) is 9.63 Å². The van der Waals surface area contributed by atoms with E-state index in [1.807, 2.05) is 54.3 Å². The number of hydrogen-bond acceptors (Lipinski definition) is 4. The van der Waals surface area contributed by atoms with Crippen molar-refractivity contribution in [1.29, 1.82) is 0 Å². The standard InChI is InChI=1S/C20H23N3O2/c1-17-7-5-6-8-18(17)15-21-25-16-20(24)23-13-11-22(12-14-23)19-9-3-2-4-10-19/h2-10,15H,11-14,16H2,1H3/b21-15-. The van der Waals surface area contributed by atoms with E-state index in [4.69, 9.17) is 4.84 Å². The lowest BCUT2D eigenvalue weighted by molar-refractivity contribution is -0.136. The largest absolute Gasteiger partial charge is 0.386 e. The van der Waals surface area contributed by atoms with Crippen molar-refractivity contribution in [2.24, 2.45) is 5.16 Å². The Bertz CT molecular complexity index is 723. The molecule has 1 fully saturated rings. The first-order valence-corrected chi connectivity index (χ1v) is 8.53. The SMILES string of the molecule is Cc1ccccc1/C=N\OCC(=O)N1CCN(c2ccccc2)CC1. The van der Waals surface area contributed by atoms with Gasteiger partial charge in [-0.1, -0.05) is 47.6 Å². The molecular formula is C20H23N3O2. The number of amides is 1. The van der Waals surface area contributed by atoms with Crippen LogP contribution in [0, 0.1) is 6.92 Å². The van der Waals surface area contributed by atoms with Gasteiger partial charge in [0.25, 0.3) is 5.91 Å². The Morgan fingerprint density at radius 2 is 1.72 bits per heavy atom. The molecular weight excluding hydrogens is 314 g/mol. The minimum atomic E-state index is -0.0201. The summed E-state index contributed by atoms with van der Waals surface area (Å²) < 4.78 is 0. The number of carbonyl (C=O) groups excluding carboxylic acids is 1. The quantitative estimate of drug-likeness (QED) is 0.622. The molecule has 5 nitrogen and oxygen atoms in total. The average molecular weight is 337 g/mol. The summed E-state index contributed by atoms with van der Waals surface area (Å²) in [6.07, 6.45) is 1.65. The molecule has 0 bridgehead atoms. The van der Waals surface area contributed by atoms with Crippen molar-refractivity contribution in [2.45, 2.75) is 6.92 Å². The number of benzene rings is 2. The predicted molar refractivity (Wildman–Crippen MR) is 100.0 cm³/mol. The predicted octanol–water partition coefficient (Wildman–Crippen LogP) is 2.69. The van der Waals surface area contributed by atoms with Crippen molar-refractivity contribution in [1.82, 2.24) is 4.90 Å². The molecule has 1 heterocycles. The first kappa shape index (κ1) is 17.0. The number of aryl methyl sites for hydroxylation is 1. The molecule has 5 heteroatoms. The van der Waals surface area contributed by atoms with E-state index in [0.717, 1.165) is 24.2 Å². The van der Waals surface area contributed by atoms with Crippen molar-refractivity contribution in [2.75, 3.05) is 37.7 Å². The van der Waals surface area contributed by atoms with Crippen LogP contribution < -0.4 is 4.90 Å². The molecule has 0 radical (unpaired) electrons. The van der Waals surface area contributed by atoms with Crippen LogP contribution in [0.4, 0.5) is 5.69 Å². The van der Waals surface area contributed by atoms with Gasteiger partial charge in [0.15, 0.2) is 6.61 Å². The number of carbonyl (C=O) groups is 1. The number of nitrogens with zero attached hydrogens (tertiary/aromatic N) is 3. The van der Waals surface area contributed by atoms with E-state index in [-0.39, 0.29) is 12.5 Å². The van der Waals surface area contributed by atoms with E-state index in [0.29, 0.717) is 13.1 Å². The summed E-state index contributed by atoms with van der Waals surface area (Å²) in [6, 6.07) is 18.2. The first-order chi connectivity index (χ1) is 12.2. The minimum Gasteiger partial charge on any atom is -0.386 e. The molecule has 25 heavy (non-hydrogen) atoms. The second-order valence-corrected chi connectivity index (χ2v) is 6.07. The van der Waals surface area contributed by atoms with Crippen LogP contribution in [0.3, 0.4) is 0 Å². The van der Waals surface area contributed by atoms with Gasteiger partial charge < -0.3 is 14.6 Å². The molecule has 0 aromatic heterocycles. The van der Waals surface area contributed by atoms with Crippen molar-refractivity contribution >= 4 is 17.8 Å². The molecule has 2 aromatic carbocycles. The fourth-order valence-corrected chi connectivity index (χ4v) is 2.86. The van der Waals surface area contributed by atoms with Crippen molar-refractivity contribution in [3.63, 3.8) is 0 Å². The van der Waals surface area contributed by atoms with Crippen LogP contribution in [0.2, 0.25) is 0 Å². The molecule has 0 spiro atoms. The molecule has 1 saturated heterocycles. The van der Waals surface area contributed by atoms with E-state index in [1.165, 1.54) is 5.69 Å².